The highest BCUT2D eigenvalue weighted by atomic mass is 16.6. The van der Waals surface area contributed by atoms with Gasteiger partial charge in [-0.2, -0.15) is 0 Å². The Labute approximate surface area is 694 Å². The second-order valence-corrected chi connectivity index (χ2v) is 26.6. The molecule has 0 aliphatic rings. The lowest BCUT2D eigenvalue weighted by Gasteiger charge is -2.10. The van der Waals surface area contributed by atoms with Crippen molar-refractivity contribution in [1.29, 1.82) is 0 Å². The number of non-ortho nitro benzene ring substituents is 6. The van der Waals surface area contributed by atoms with E-state index in [1.54, 1.807) is 0 Å². The zero-order valence-electron chi connectivity index (χ0n) is 63.7. The monoisotopic (exact) mass is 1640 g/mol. The number of H-pyrrole nitrogens is 3. The molecule has 3 aromatic heterocycles. The molecule has 15 rings (SSSR count). The van der Waals surface area contributed by atoms with E-state index < -0.39 is 65.0 Å². The number of benzene rings is 12. The highest BCUT2D eigenvalue weighted by Crippen LogP contribution is 2.43. The third-order valence-electron chi connectivity index (χ3n) is 18.8. The first kappa shape index (κ1) is 82.7. The molecule has 0 spiro atoms. The largest absolute Gasteiger partial charge is 0.345 e. The van der Waals surface area contributed by atoms with E-state index in [-0.39, 0.29) is 68.3 Å². The lowest BCUT2D eigenvalue weighted by molar-refractivity contribution is -0.385. The van der Waals surface area contributed by atoms with Crippen molar-refractivity contribution in [2.75, 3.05) is 31.9 Å². The van der Waals surface area contributed by atoms with Crippen LogP contribution in [0.2, 0.25) is 0 Å². The molecule has 9 N–H and O–H groups in total. The van der Waals surface area contributed by atoms with Crippen LogP contribution in [0.1, 0.15) is 62.9 Å². The normalized spacial score (nSPS) is 10.5. The molecule has 0 atom stereocenters. The van der Waals surface area contributed by atoms with Gasteiger partial charge < -0.3 is 46.9 Å². The van der Waals surface area contributed by atoms with E-state index in [1.165, 1.54) is 146 Å². The number of nitrogens with one attached hydrogen (secondary N) is 9. The van der Waals surface area contributed by atoms with Crippen molar-refractivity contribution in [3.63, 3.8) is 0 Å². The number of amides is 6. The molecule has 3 heterocycles. The second kappa shape index (κ2) is 37.5. The van der Waals surface area contributed by atoms with Crippen LogP contribution in [-0.2, 0) is 0 Å². The van der Waals surface area contributed by atoms with Crippen molar-refractivity contribution >= 4 is 104 Å². The Morgan fingerprint density at radius 3 is 0.398 bits per heavy atom. The Kier molecular flexibility index (Phi) is 25.2. The summed E-state index contributed by atoms with van der Waals surface area (Å²) < 4.78 is 0. The van der Waals surface area contributed by atoms with Crippen LogP contribution < -0.4 is 31.9 Å². The fourth-order valence-electron chi connectivity index (χ4n) is 13.0. The van der Waals surface area contributed by atoms with Crippen LogP contribution in [0.5, 0.6) is 0 Å². The average molecular weight is 1640 g/mol. The van der Waals surface area contributed by atoms with Gasteiger partial charge in [0.1, 0.15) is 34.2 Å². The molecule has 15 aromatic rings. The van der Waals surface area contributed by atoms with Gasteiger partial charge in [-0.25, -0.2) is 0 Å². The van der Waals surface area contributed by atoms with Gasteiger partial charge >= 0.3 is 0 Å². The van der Waals surface area contributed by atoms with Crippen LogP contribution in [0.4, 0.5) is 68.2 Å². The molecule has 0 saturated heterocycles. The van der Waals surface area contributed by atoms with Crippen molar-refractivity contribution in [3.05, 3.63) is 422 Å². The molecule has 33 nitrogen and oxygen atoms in total. The van der Waals surface area contributed by atoms with E-state index in [9.17, 15) is 89.5 Å². The molecule has 0 aliphatic heterocycles. The first-order valence-electron chi connectivity index (χ1n) is 36.9. The van der Waals surface area contributed by atoms with Gasteiger partial charge in [0.25, 0.3) is 69.6 Å². The molecule has 0 fully saturated rings. The first-order chi connectivity index (χ1) is 59.4. The van der Waals surface area contributed by atoms with Gasteiger partial charge in [-0.05, 0) is 106 Å². The molecule has 0 unspecified atom stereocenters. The molecule has 6 amide bonds. The summed E-state index contributed by atoms with van der Waals surface area (Å²) in [6, 6.07) is 86.9. The number of carbonyl (C=O) groups excluding carboxylic acids is 6. The Hall–Kier alpha value is -18.3. The number of hydrogen-bond acceptors (Lipinski definition) is 18. The molecule has 0 radical (unpaired) electrons. The maximum atomic E-state index is 13.6. The lowest BCUT2D eigenvalue weighted by Crippen LogP contribution is -2.16. The minimum absolute atomic E-state index is 0.0993. The minimum Gasteiger partial charge on any atom is -0.345 e. The number of nitrogens with zero attached hydrogens (tertiary/aromatic N) is 6. The Bertz CT molecular complexity index is 5490. The van der Waals surface area contributed by atoms with Gasteiger partial charge in [0.15, 0.2) is 0 Å². The maximum absolute atomic E-state index is 13.6. The number of nitro benzene ring substituents is 6. The second-order valence-electron chi connectivity index (χ2n) is 26.6. The average Bonchev–Trinajstić information content (AvgIpc) is 1.62. The van der Waals surface area contributed by atoms with Crippen molar-refractivity contribution in [2.24, 2.45) is 0 Å². The number of rotatable bonds is 24. The molecule has 606 valence electrons. The van der Waals surface area contributed by atoms with Gasteiger partial charge in [-0.3, -0.25) is 89.5 Å². The molecule has 123 heavy (non-hydrogen) atoms. The Balaban J connectivity index is 0.000000159. The summed E-state index contributed by atoms with van der Waals surface area (Å²) in [7, 11) is 0. The molecule has 33 heteroatoms. The third-order valence-corrected chi connectivity index (χ3v) is 18.8. The number of aromatic nitrogens is 3. The smallest absolute Gasteiger partial charge is 0.272 e. The van der Waals surface area contributed by atoms with Crippen molar-refractivity contribution < 1.29 is 58.3 Å². The molecular weight excluding hydrogens is 1580 g/mol. The SMILES string of the molecule is O=C(Nc1ccc([N+](=O)[O-])cc1)c1[nH]c(C(=O)Nc2ccc([N+](=O)[O-])cc2)c(-c2ccccc2)c1-c1ccccc1.O=C(Nc1ccc([N+](=O)[O-])cc1)c1[nH]c(C(=O)Nc2ccc([N+](=O)[O-])cc2)c(-c2ccccc2)c1-c1ccccc1.O=C(Nc1ccc([N+](=O)[O-])cc1)c1[nH]c(C(=O)Nc2ccc([N+](=O)[O-])cc2)c(-c2ccccc2)c1-c1ccccc1. The molecule has 12 aromatic carbocycles. The van der Waals surface area contributed by atoms with Crippen molar-refractivity contribution in [2.45, 2.75) is 0 Å². The van der Waals surface area contributed by atoms with Crippen LogP contribution in [0.15, 0.2) is 328 Å². The van der Waals surface area contributed by atoms with Gasteiger partial charge in [-0.15, -0.1) is 0 Å². The maximum Gasteiger partial charge on any atom is 0.272 e. The number of hydrogen-bond donors (Lipinski definition) is 9. The van der Waals surface area contributed by atoms with Crippen molar-refractivity contribution in [3.8, 4) is 66.8 Å². The van der Waals surface area contributed by atoms with E-state index in [2.05, 4.69) is 46.9 Å². The van der Waals surface area contributed by atoms with Crippen LogP contribution in [0.3, 0.4) is 0 Å². The third kappa shape index (κ3) is 19.6. The fourth-order valence-corrected chi connectivity index (χ4v) is 13.0. The van der Waals surface area contributed by atoms with E-state index in [0.29, 0.717) is 101 Å². The van der Waals surface area contributed by atoms with E-state index in [0.717, 1.165) is 0 Å². The van der Waals surface area contributed by atoms with E-state index >= 15 is 0 Å². The zero-order valence-corrected chi connectivity index (χ0v) is 63.7. The summed E-state index contributed by atoms with van der Waals surface area (Å²) in [5.74, 6) is -3.39. The summed E-state index contributed by atoms with van der Waals surface area (Å²) in [6.45, 7) is 0. The molecular formula is C90H63N15O18. The zero-order chi connectivity index (χ0) is 86.8. The number of carbonyl (C=O) groups is 6. The van der Waals surface area contributed by atoms with E-state index in [1.807, 2.05) is 182 Å². The standard InChI is InChI=1S/3C30H21N5O6/c3*36-29(31-21-11-15-23(16-12-21)34(38)39)27-25(19-7-3-1-4-8-19)26(20-9-5-2-6-10-20)28(33-27)30(37)32-22-13-17-24(18-14-22)35(40)41/h3*1-18,33H,(H,31,36)(H,32,37). The molecule has 0 saturated carbocycles. The lowest BCUT2D eigenvalue weighted by atomic mass is 9.94. The Morgan fingerprint density at radius 1 is 0.179 bits per heavy atom. The molecule has 0 aliphatic carbocycles. The highest BCUT2D eigenvalue weighted by molar-refractivity contribution is 6.20. The topological polar surface area (TPSA) is 481 Å². The number of anilines is 6. The summed E-state index contributed by atoms with van der Waals surface area (Å²) in [4.78, 5) is 154. The number of aromatic amines is 3. The number of nitro groups is 6. The quantitative estimate of drug-likeness (QED) is 0.0200. The summed E-state index contributed by atoms with van der Waals surface area (Å²) in [6.07, 6.45) is 0. The van der Waals surface area contributed by atoms with Gasteiger partial charge in [0, 0.05) is 140 Å². The predicted octanol–water partition coefficient (Wildman–Crippen LogP) is 20.0. The summed E-state index contributed by atoms with van der Waals surface area (Å²) in [5, 5.41) is 82.6. The highest BCUT2D eigenvalue weighted by Gasteiger charge is 2.33. The van der Waals surface area contributed by atoms with Gasteiger partial charge in [-0.1, -0.05) is 182 Å². The predicted molar refractivity (Wildman–Crippen MR) is 461 cm³/mol. The van der Waals surface area contributed by atoms with Crippen LogP contribution in [0, 0.1) is 60.7 Å². The van der Waals surface area contributed by atoms with Crippen LogP contribution >= 0.6 is 0 Å². The van der Waals surface area contributed by atoms with Crippen LogP contribution in [0.25, 0.3) is 66.8 Å². The van der Waals surface area contributed by atoms with Gasteiger partial charge in [0.2, 0.25) is 0 Å². The van der Waals surface area contributed by atoms with E-state index in [4.69, 9.17) is 0 Å². The molecule has 0 bridgehead atoms. The summed E-state index contributed by atoms with van der Waals surface area (Å²) >= 11 is 0. The van der Waals surface area contributed by atoms with Gasteiger partial charge in [0.05, 0.1) is 29.5 Å². The minimum atomic E-state index is -0.565. The summed E-state index contributed by atoms with van der Waals surface area (Å²) in [5.41, 5.74) is 8.72. The fraction of sp³-hybridized carbons (Fsp3) is 0. The Morgan fingerprint density at radius 2 is 0.293 bits per heavy atom. The first-order valence-corrected chi connectivity index (χ1v) is 36.9. The van der Waals surface area contributed by atoms with Crippen molar-refractivity contribution in [1.82, 2.24) is 15.0 Å². The van der Waals surface area contributed by atoms with Crippen LogP contribution in [-0.4, -0.2) is 79.9 Å².